The molecule has 0 aliphatic rings. The van der Waals surface area contributed by atoms with Crippen LogP contribution in [0.25, 0.3) is 0 Å². The third-order valence-corrected chi connectivity index (χ3v) is 6.16. The number of carbonyl (C=O) groups excluding carboxylic acids is 1. The Bertz CT molecular complexity index is 782. The van der Waals surface area contributed by atoms with Crippen LogP contribution in [-0.2, 0) is 20.3 Å². The SMILES string of the molecule is CCCCS(=O)CC(COc1ccccc1)OC(=O)CSc1nc(C)cc(C)n1. The molecule has 0 saturated heterocycles. The molecule has 0 aliphatic carbocycles. The van der Waals surface area contributed by atoms with Crippen molar-refractivity contribution in [2.45, 2.75) is 44.9 Å². The Morgan fingerprint density at radius 1 is 1.17 bits per heavy atom. The lowest BCUT2D eigenvalue weighted by Gasteiger charge is -2.18. The number of esters is 1. The maximum Gasteiger partial charge on any atom is 0.316 e. The number of carbonyl (C=O) groups is 1. The molecule has 8 heteroatoms. The molecule has 6 nitrogen and oxygen atoms in total. The predicted molar refractivity (Wildman–Crippen MR) is 117 cm³/mol. The van der Waals surface area contributed by atoms with Gasteiger partial charge in [0.1, 0.15) is 18.5 Å². The highest BCUT2D eigenvalue weighted by molar-refractivity contribution is 7.99. The Hall–Kier alpha value is -1.93. The number of nitrogens with zero attached hydrogens (tertiary/aromatic N) is 2. The lowest BCUT2D eigenvalue weighted by molar-refractivity contribution is -0.146. The average molecular weight is 437 g/mol. The van der Waals surface area contributed by atoms with Crippen molar-refractivity contribution in [1.82, 2.24) is 9.97 Å². The molecular formula is C21H28N2O4S2. The molecule has 0 spiro atoms. The van der Waals surface area contributed by atoms with Gasteiger partial charge in [0.2, 0.25) is 0 Å². The molecule has 158 valence electrons. The van der Waals surface area contributed by atoms with E-state index in [0.29, 0.717) is 16.7 Å². The zero-order valence-corrected chi connectivity index (χ0v) is 18.8. The van der Waals surface area contributed by atoms with Crippen molar-refractivity contribution in [2.24, 2.45) is 0 Å². The molecule has 2 aromatic rings. The maximum absolute atomic E-state index is 12.4. The normalized spacial score (nSPS) is 12.9. The summed E-state index contributed by atoms with van der Waals surface area (Å²) in [6, 6.07) is 11.2. The van der Waals surface area contributed by atoms with Crippen molar-refractivity contribution in [3.8, 4) is 5.75 Å². The summed E-state index contributed by atoms with van der Waals surface area (Å²) in [4.78, 5) is 21.0. The topological polar surface area (TPSA) is 78.4 Å². The van der Waals surface area contributed by atoms with Crippen molar-refractivity contribution in [3.05, 3.63) is 47.8 Å². The highest BCUT2D eigenvalue weighted by Crippen LogP contribution is 2.15. The molecule has 1 heterocycles. The summed E-state index contributed by atoms with van der Waals surface area (Å²) >= 11 is 1.23. The van der Waals surface area contributed by atoms with Crippen LogP contribution in [0.2, 0.25) is 0 Å². The van der Waals surface area contributed by atoms with Gasteiger partial charge < -0.3 is 9.47 Å². The van der Waals surface area contributed by atoms with Crippen molar-refractivity contribution < 1.29 is 18.5 Å². The molecule has 0 N–H and O–H groups in total. The Balaban J connectivity index is 1.91. The Morgan fingerprint density at radius 3 is 2.52 bits per heavy atom. The van der Waals surface area contributed by atoms with Gasteiger partial charge in [-0.15, -0.1) is 0 Å². The Labute approximate surface area is 179 Å². The molecule has 1 aromatic carbocycles. The quantitative estimate of drug-likeness (QED) is 0.285. The van der Waals surface area contributed by atoms with E-state index in [9.17, 15) is 9.00 Å². The third kappa shape index (κ3) is 9.41. The molecule has 0 aliphatic heterocycles. The second-order valence-corrected chi connectivity index (χ2v) is 9.19. The third-order valence-electron chi connectivity index (χ3n) is 3.86. The van der Waals surface area contributed by atoms with Gasteiger partial charge in [0.15, 0.2) is 5.16 Å². The van der Waals surface area contributed by atoms with Gasteiger partial charge in [0.25, 0.3) is 0 Å². The number of benzene rings is 1. The summed E-state index contributed by atoms with van der Waals surface area (Å²) in [5.41, 5.74) is 1.71. The lowest BCUT2D eigenvalue weighted by atomic mass is 10.3. The molecule has 2 rings (SSSR count). The van der Waals surface area contributed by atoms with Crippen LogP contribution in [0.1, 0.15) is 31.2 Å². The number of thioether (sulfide) groups is 1. The van der Waals surface area contributed by atoms with Crippen LogP contribution in [0.5, 0.6) is 5.75 Å². The number of unbranched alkanes of at least 4 members (excludes halogenated alkanes) is 1. The Morgan fingerprint density at radius 2 is 1.86 bits per heavy atom. The van der Waals surface area contributed by atoms with Crippen LogP contribution in [0.15, 0.2) is 41.6 Å². The molecule has 0 radical (unpaired) electrons. The zero-order valence-electron chi connectivity index (χ0n) is 17.1. The first-order valence-corrected chi connectivity index (χ1v) is 12.1. The predicted octanol–water partition coefficient (Wildman–Crippen LogP) is 3.73. The average Bonchev–Trinajstić information content (AvgIpc) is 2.69. The first-order chi connectivity index (χ1) is 14.0. The minimum Gasteiger partial charge on any atom is -0.490 e. The maximum atomic E-state index is 12.4. The fourth-order valence-corrected chi connectivity index (χ4v) is 4.61. The second kappa shape index (κ2) is 12.6. The van der Waals surface area contributed by atoms with Crippen LogP contribution < -0.4 is 4.74 Å². The molecule has 0 bridgehead atoms. The van der Waals surface area contributed by atoms with Crippen LogP contribution >= 0.6 is 11.8 Å². The van der Waals surface area contributed by atoms with E-state index in [1.165, 1.54) is 11.8 Å². The fraction of sp³-hybridized carbons (Fsp3) is 0.476. The number of para-hydroxylation sites is 1. The summed E-state index contributed by atoms with van der Waals surface area (Å²) in [5.74, 6) is 1.24. The molecule has 2 atom stereocenters. The number of ether oxygens (including phenoxy) is 2. The number of aromatic nitrogens is 2. The summed E-state index contributed by atoms with van der Waals surface area (Å²) in [7, 11) is -1.06. The summed E-state index contributed by atoms with van der Waals surface area (Å²) < 4.78 is 23.6. The fourth-order valence-electron chi connectivity index (χ4n) is 2.52. The zero-order chi connectivity index (χ0) is 21.1. The van der Waals surface area contributed by atoms with Crippen LogP contribution in [0, 0.1) is 13.8 Å². The molecule has 2 unspecified atom stereocenters. The van der Waals surface area contributed by atoms with Gasteiger partial charge in [-0.2, -0.15) is 0 Å². The van der Waals surface area contributed by atoms with Crippen molar-refractivity contribution >= 4 is 28.5 Å². The van der Waals surface area contributed by atoms with Gasteiger partial charge in [-0.3, -0.25) is 9.00 Å². The summed E-state index contributed by atoms with van der Waals surface area (Å²) in [5, 5.41) is 0.544. The van der Waals surface area contributed by atoms with Crippen LogP contribution in [-0.4, -0.2) is 50.1 Å². The molecule has 0 amide bonds. The summed E-state index contributed by atoms with van der Waals surface area (Å²) in [6.45, 7) is 6.00. The minimum absolute atomic E-state index is 0.0896. The van der Waals surface area contributed by atoms with Crippen LogP contribution in [0.3, 0.4) is 0 Å². The van der Waals surface area contributed by atoms with E-state index in [1.807, 2.05) is 50.2 Å². The molecule has 29 heavy (non-hydrogen) atoms. The van der Waals surface area contributed by atoms with Gasteiger partial charge in [-0.25, -0.2) is 9.97 Å². The number of aryl methyl sites for hydroxylation is 2. The molecular weight excluding hydrogens is 408 g/mol. The highest BCUT2D eigenvalue weighted by Gasteiger charge is 2.19. The molecule has 0 saturated carbocycles. The van der Waals surface area contributed by atoms with Gasteiger partial charge in [0, 0.05) is 27.9 Å². The minimum atomic E-state index is -1.06. The first-order valence-electron chi connectivity index (χ1n) is 9.63. The summed E-state index contributed by atoms with van der Waals surface area (Å²) in [6.07, 6.45) is 1.29. The molecule has 1 aromatic heterocycles. The second-order valence-electron chi connectivity index (χ2n) is 6.62. The number of hydrogen-bond donors (Lipinski definition) is 0. The van der Waals surface area contributed by atoms with Crippen molar-refractivity contribution in [3.63, 3.8) is 0 Å². The van der Waals surface area contributed by atoms with Gasteiger partial charge >= 0.3 is 5.97 Å². The monoisotopic (exact) mass is 436 g/mol. The van der Waals surface area contributed by atoms with E-state index < -0.39 is 22.9 Å². The Kier molecular flexibility index (Phi) is 10.1. The van der Waals surface area contributed by atoms with E-state index in [2.05, 4.69) is 16.9 Å². The number of rotatable bonds is 12. The van der Waals surface area contributed by atoms with Gasteiger partial charge in [-0.1, -0.05) is 43.3 Å². The van der Waals surface area contributed by atoms with E-state index in [-0.39, 0.29) is 18.1 Å². The molecule has 0 fully saturated rings. The van der Waals surface area contributed by atoms with Crippen LogP contribution in [0.4, 0.5) is 0 Å². The highest BCUT2D eigenvalue weighted by atomic mass is 32.2. The van der Waals surface area contributed by atoms with E-state index in [1.54, 1.807) is 0 Å². The number of hydrogen-bond acceptors (Lipinski definition) is 7. The van der Waals surface area contributed by atoms with Crippen molar-refractivity contribution in [2.75, 3.05) is 23.9 Å². The smallest absolute Gasteiger partial charge is 0.316 e. The van der Waals surface area contributed by atoms with E-state index in [0.717, 1.165) is 24.2 Å². The van der Waals surface area contributed by atoms with Crippen molar-refractivity contribution in [1.29, 1.82) is 0 Å². The van der Waals surface area contributed by atoms with E-state index in [4.69, 9.17) is 9.47 Å². The van der Waals surface area contributed by atoms with Gasteiger partial charge in [-0.05, 0) is 38.5 Å². The largest absolute Gasteiger partial charge is 0.490 e. The lowest BCUT2D eigenvalue weighted by Crippen LogP contribution is -2.31. The van der Waals surface area contributed by atoms with E-state index >= 15 is 0 Å². The standard InChI is InChI=1S/C21H28N2O4S2/c1-4-5-11-29(25)15-19(13-26-18-9-7-6-8-10-18)27-20(24)14-28-21-22-16(2)12-17(3)23-21/h6-10,12,19H,4-5,11,13-15H2,1-3H3. The van der Waals surface area contributed by atoms with Gasteiger partial charge in [0.05, 0.1) is 11.5 Å². The first kappa shape index (κ1) is 23.3.